The summed E-state index contributed by atoms with van der Waals surface area (Å²) in [5.74, 6) is -0.460. The van der Waals surface area contributed by atoms with Crippen LogP contribution in [0.25, 0.3) is 10.6 Å². The molecule has 1 N–H and O–H groups in total. The monoisotopic (exact) mass is 357 g/mol. The molecule has 3 rings (SSSR count). The van der Waals surface area contributed by atoms with Gasteiger partial charge >= 0.3 is 0 Å². The summed E-state index contributed by atoms with van der Waals surface area (Å²) in [7, 11) is 1.61. The molecule has 0 aliphatic carbocycles. The molecule has 2 aromatic heterocycles. The standard InChI is InChI=1S/C17H15N3O2S2/c1-20(16(22)12-6-3-2-4-7-12)10-15(21)19-17-18-13(11-24-17)14-8-5-9-23-14/h2-9,11H,10H2,1H3,(H,18,19,21). The number of thiazole rings is 1. The maximum Gasteiger partial charge on any atom is 0.254 e. The number of aromatic nitrogens is 1. The highest BCUT2D eigenvalue weighted by atomic mass is 32.1. The Labute approximate surface area is 147 Å². The van der Waals surface area contributed by atoms with Gasteiger partial charge in [-0.1, -0.05) is 24.3 Å². The van der Waals surface area contributed by atoms with Crippen molar-refractivity contribution < 1.29 is 9.59 Å². The SMILES string of the molecule is CN(CC(=O)Nc1nc(-c2cccs2)cs1)C(=O)c1ccccc1. The number of anilines is 1. The molecule has 0 bridgehead atoms. The van der Waals surface area contributed by atoms with E-state index in [1.807, 2.05) is 29.0 Å². The van der Waals surface area contributed by atoms with Crippen LogP contribution in [0.5, 0.6) is 0 Å². The Balaban J connectivity index is 1.58. The molecule has 0 unspecified atom stereocenters. The molecule has 2 amide bonds. The zero-order valence-electron chi connectivity index (χ0n) is 12.9. The Hall–Kier alpha value is -2.51. The molecule has 122 valence electrons. The second-order valence-corrected chi connectivity index (χ2v) is 6.90. The van der Waals surface area contributed by atoms with Crippen molar-refractivity contribution in [1.29, 1.82) is 0 Å². The Morgan fingerprint density at radius 3 is 2.62 bits per heavy atom. The smallest absolute Gasteiger partial charge is 0.254 e. The lowest BCUT2D eigenvalue weighted by Crippen LogP contribution is -2.34. The number of amides is 2. The quantitative estimate of drug-likeness (QED) is 0.759. The van der Waals surface area contributed by atoms with E-state index in [2.05, 4.69) is 10.3 Å². The molecule has 0 spiro atoms. The average Bonchev–Trinajstić information content (AvgIpc) is 3.26. The maximum absolute atomic E-state index is 12.2. The first-order valence-corrected chi connectivity index (χ1v) is 8.99. The molecule has 2 heterocycles. The van der Waals surface area contributed by atoms with E-state index in [9.17, 15) is 9.59 Å². The van der Waals surface area contributed by atoms with Gasteiger partial charge in [-0.3, -0.25) is 9.59 Å². The fourth-order valence-electron chi connectivity index (χ4n) is 2.12. The number of carbonyl (C=O) groups excluding carboxylic acids is 2. The van der Waals surface area contributed by atoms with E-state index in [0.29, 0.717) is 10.7 Å². The van der Waals surface area contributed by atoms with Crippen molar-refractivity contribution in [3.63, 3.8) is 0 Å². The third-order valence-corrected chi connectivity index (χ3v) is 4.92. The van der Waals surface area contributed by atoms with E-state index in [-0.39, 0.29) is 18.4 Å². The largest absolute Gasteiger partial charge is 0.332 e. The van der Waals surface area contributed by atoms with Crippen molar-refractivity contribution in [2.75, 3.05) is 18.9 Å². The summed E-state index contributed by atoms with van der Waals surface area (Å²) in [6, 6.07) is 12.8. The Morgan fingerprint density at radius 2 is 1.92 bits per heavy atom. The number of nitrogens with one attached hydrogen (secondary N) is 1. The fraction of sp³-hybridized carbons (Fsp3) is 0.118. The van der Waals surface area contributed by atoms with E-state index in [0.717, 1.165) is 10.6 Å². The van der Waals surface area contributed by atoms with Crippen LogP contribution in [0.2, 0.25) is 0 Å². The number of rotatable bonds is 5. The Kier molecular flexibility index (Phi) is 5.02. The van der Waals surface area contributed by atoms with Crippen LogP contribution in [-0.4, -0.2) is 35.3 Å². The lowest BCUT2D eigenvalue weighted by molar-refractivity contribution is -0.116. The summed E-state index contributed by atoms with van der Waals surface area (Å²) in [5, 5.41) is 7.16. The van der Waals surface area contributed by atoms with Crippen molar-refractivity contribution in [3.8, 4) is 10.6 Å². The van der Waals surface area contributed by atoms with Gasteiger partial charge in [0, 0.05) is 18.0 Å². The zero-order valence-corrected chi connectivity index (χ0v) is 14.6. The molecule has 3 aromatic rings. The van der Waals surface area contributed by atoms with E-state index in [1.165, 1.54) is 16.2 Å². The first kappa shape index (κ1) is 16.4. The molecule has 24 heavy (non-hydrogen) atoms. The van der Waals surface area contributed by atoms with Crippen LogP contribution in [0.15, 0.2) is 53.2 Å². The van der Waals surface area contributed by atoms with Gasteiger partial charge < -0.3 is 10.2 Å². The van der Waals surface area contributed by atoms with Gasteiger partial charge in [0.15, 0.2) is 5.13 Å². The number of benzene rings is 1. The van der Waals surface area contributed by atoms with E-state index >= 15 is 0 Å². The normalized spacial score (nSPS) is 10.4. The van der Waals surface area contributed by atoms with Gasteiger partial charge in [-0.05, 0) is 23.6 Å². The van der Waals surface area contributed by atoms with Gasteiger partial charge in [-0.15, -0.1) is 22.7 Å². The predicted octanol–water partition coefficient (Wildman–Crippen LogP) is 3.58. The van der Waals surface area contributed by atoms with Crippen molar-refractivity contribution in [2.45, 2.75) is 0 Å². The average molecular weight is 357 g/mol. The highest BCUT2D eigenvalue weighted by Gasteiger charge is 2.15. The van der Waals surface area contributed by atoms with E-state index < -0.39 is 0 Å². The Morgan fingerprint density at radius 1 is 1.12 bits per heavy atom. The first-order chi connectivity index (χ1) is 11.6. The summed E-state index contributed by atoms with van der Waals surface area (Å²) in [6.07, 6.45) is 0. The second-order valence-electron chi connectivity index (χ2n) is 5.09. The number of carbonyl (C=O) groups is 2. The third-order valence-electron chi connectivity index (χ3n) is 3.27. The lowest BCUT2D eigenvalue weighted by Gasteiger charge is -2.16. The molecular formula is C17H15N3O2S2. The lowest BCUT2D eigenvalue weighted by atomic mass is 10.2. The number of thiophene rings is 1. The van der Waals surface area contributed by atoms with Crippen LogP contribution in [0.1, 0.15) is 10.4 Å². The summed E-state index contributed by atoms with van der Waals surface area (Å²) >= 11 is 2.97. The fourth-order valence-corrected chi connectivity index (χ4v) is 3.60. The number of hydrogen-bond acceptors (Lipinski definition) is 5. The van der Waals surface area contributed by atoms with Gasteiger partial charge in [0.25, 0.3) is 5.91 Å². The third kappa shape index (κ3) is 3.87. The summed E-state index contributed by atoms with van der Waals surface area (Å²) in [4.78, 5) is 31.2. The molecule has 0 aliphatic rings. The zero-order chi connectivity index (χ0) is 16.9. The molecular weight excluding hydrogens is 342 g/mol. The number of nitrogens with zero attached hydrogens (tertiary/aromatic N) is 2. The predicted molar refractivity (Wildman–Crippen MR) is 97.5 cm³/mol. The number of likely N-dealkylation sites (N-methyl/N-ethyl adjacent to an activating group) is 1. The van der Waals surface area contributed by atoms with Crippen LogP contribution < -0.4 is 5.32 Å². The molecule has 0 radical (unpaired) electrons. The minimum Gasteiger partial charge on any atom is -0.332 e. The molecule has 0 saturated heterocycles. The summed E-state index contributed by atoms with van der Waals surface area (Å²) < 4.78 is 0. The van der Waals surface area contributed by atoms with Crippen molar-refractivity contribution in [3.05, 3.63) is 58.8 Å². The summed E-state index contributed by atoms with van der Waals surface area (Å²) in [5.41, 5.74) is 1.40. The Bertz CT molecular complexity index is 829. The molecule has 7 heteroatoms. The van der Waals surface area contributed by atoms with Gasteiger partial charge in [-0.2, -0.15) is 0 Å². The highest BCUT2D eigenvalue weighted by molar-refractivity contribution is 7.16. The van der Waals surface area contributed by atoms with E-state index in [4.69, 9.17) is 0 Å². The number of hydrogen-bond donors (Lipinski definition) is 1. The molecule has 0 saturated carbocycles. The van der Waals surface area contributed by atoms with Crippen molar-refractivity contribution >= 4 is 39.6 Å². The van der Waals surface area contributed by atoms with Gasteiger partial charge in [0.2, 0.25) is 5.91 Å². The van der Waals surface area contributed by atoms with Crippen molar-refractivity contribution in [1.82, 2.24) is 9.88 Å². The van der Waals surface area contributed by atoms with Crippen LogP contribution in [0.3, 0.4) is 0 Å². The molecule has 0 atom stereocenters. The van der Waals surface area contributed by atoms with Crippen LogP contribution in [0.4, 0.5) is 5.13 Å². The maximum atomic E-state index is 12.2. The van der Waals surface area contributed by atoms with Gasteiger partial charge in [-0.25, -0.2) is 4.98 Å². The van der Waals surface area contributed by atoms with Crippen molar-refractivity contribution in [2.24, 2.45) is 0 Å². The van der Waals surface area contributed by atoms with Crippen LogP contribution in [-0.2, 0) is 4.79 Å². The molecule has 1 aromatic carbocycles. The van der Waals surface area contributed by atoms with Crippen LogP contribution >= 0.6 is 22.7 Å². The second kappa shape index (κ2) is 7.37. The van der Waals surface area contributed by atoms with Crippen LogP contribution in [0, 0.1) is 0 Å². The molecule has 0 aliphatic heterocycles. The summed E-state index contributed by atoms with van der Waals surface area (Å²) in [6.45, 7) is -0.0261. The minimum atomic E-state index is -0.270. The van der Waals surface area contributed by atoms with Gasteiger partial charge in [0.1, 0.15) is 0 Å². The minimum absolute atomic E-state index is 0.0261. The topological polar surface area (TPSA) is 62.3 Å². The first-order valence-electron chi connectivity index (χ1n) is 7.23. The van der Waals surface area contributed by atoms with Gasteiger partial charge in [0.05, 0.1) is 17.1 Å². The molecule has 0 fully saturated rings. The highest BCUT2D eigenvalue weighted by Crippen LogP contribution is 2.28. The van der Waals surface area contributed by atoms with E-state index in [1.54, 1.807) is 42.6 Å². The molecule has 5 nitrogen and oxygen atoms in total.